The summed E-state index contributed by atoms with van der Waals surface area (Å²) in [6, 6.07) is 4.22. The van der Waals surface area contributed by atoms with Gasteiger partial charge in [-0.1, -0.05) is 32.9 Å². The number of allylic oxidation sites excluding steroid dienone is 2. The minimum absolute atomic E-state index is 0.0256. The van der Waals surface area contributed by atoms with Crippen molar-refractivity contribution in [1.29, 1.82) is 0 Å². The quantitative estimate of drug-likeness (QED) is 0.0626. The van der Waals surface area contributed by atoms with Crippen molar-refractivity contribution < 1.29 is 33.1 Å². The molecule has 0 bridgehead atoms. The van der Waals surface area contributed by atoms with Crippen LogP contribution in [0, 0.1) is 12.8 Å². The summed E-state index contributed by atoms with van der Waals surface area (Å²) in [7, 11) is 1.74. The molecule has 1 spiro atoms. The van der Waals surface area contributed by atoms with Crippen molar-refractivity contribution in [3.63, 3.8) is 0 Å². The maximum Gasteiger partial charge on any atom is 0.295 e. The molecule has 2 saturated heterocycles. The highest BCUT2D eigenvalue weighted by Gasteiger charge is 2.48. The Balaban J connectivity index is 1.10. The van der Waals surface area contributed by atoms with E-state index < -0.39 is 29.4 Å². The number of hydrogen-bond acceptors (Lipinski definition) is 14. The Morgan fingerprint density at radius 2 is 1.68 bits per heavy atom. The molecule has 4 amide bonds. The molecule has 2 aliphatic heterocycles. The average Bonchev–Trinajstić information content (AvgIpc) is 3.91. The number of aryl methyl sites for hydroxylation is 2. The topological polar surface area (TPSA) is 270 Å². The average molecular weight is 854 g/mol. The van der Waals surface area contributed by atoms with E-state index in [1.165, 1.54) is 6.20 Å². The second kappa shape index (κ2) is 18.3. The van der Waals surface area contributed by atoms with Gasteiger partial charge in [-0.2, -0.15) is 0 Å². The first-order valence-electron chi connectivity index (χ1n) is 20.8. The predicted octanol–water partition coefficient (Wildman–Crippen LogP) is 2.44. The van der Waals surface area contributed by atoms with Crippen LogP contribution in [-0.2, 0) is 29.0 Å². The fourth-order valence-electron chi connectivity index (χ4n) is 8.14. The lowest BCUT2D eigenvalue weighted by Gasteiger charge is -2.54. The second-order valence-electron chi connectivity index (χ2n) is 16.2. The molecule has 1 unspecified atom stereocenters. The van der Waals surface area contributed by atoms with E-state index in [-0.39, 0.29) is 35.3 Å². The number of ether oxygens (including phenoxy) is 2. The summed E-state index contributed by atoms with van der Waals surface area (Å²) in [5, 5.41) is 5.95. The number of imidazole rings is 2. The molecule has 1 aromatic carbocycles. The van der Waals surface area contributed by atoms with Crippen molar-refractivity contribution in [2.75, 3.05) is 63.6 Å². The number of amides is 4. The number of likely N-dealkylation sites (tertiary alicyclic amines) is 1. The molecule has 6 heterocycles. The number of morpholine rings is 1. The van der Waals surface area contributed by atoms with Crippen molar-refractivity contribution in [1.82, 2.24) is 38.9 Å². The molecule has 20 heteroatoms. The van der Waals surface area contributed by atoms with E-state index in [2.05, 4.69) is 44.3 Å². The highest BCUT2D eigenvalue weighted by molar-refractivity contribution is 6.04. The minimum Gasteiger partial charge on any atom is -0.491 e. The zero-order valence-electron chi connectivity index (χ0n) is 35.8. The molecule has 4 aromatic heterocycles. The van der Waals surface area contributed by atoms with Crippen molar-refractivity contribution >= 4 is 57.7 Å². The van der Waals surface area contributed by atoms with Crippen LogP contribution >= 0.6 is 0 Å². The fraction of sp³-hybridized carbons (Fsp3) is 0.476. The Labute approximate surface area is 358 Å². The summed E-state index contributed by atoms with van der Waals surface area (Å²) >= 11 is 0. The number of carbonyl (C=O) groups excluding carboxylic acids is 4. The Hall–Kier alpha value is -6.38. The molecule has 330 valence electrons. The summed E-state index contributed by atoms with van der Waals surface area (Å²) < 4.78 is 21.9. The van der Waals surface area contributed by atoms with Crippen LogP contribution in [0.3, 0.4) is 0 Å². The zero-order valence-corrected chi connectivity index (χ0v) is 35.8. The number of oxazole rings is 1. The van der Waals surface area contributed by atoms with Crippen LogP contribution in [0.4, 0.5) is 11.9 Å². The summed E-state index contributed by atoms with van der Waals surface area (Å²) in [5.41, 5.74) is 20.0. The maximum absolute atomic E-state index is 13.7. The standard InChI is InChI=1S/C42H55N13O7/c1-6-29-34(62-25(4)48-29)38(58)51-41-49-30-17-26(35(44)56)19-32(60-14-9-10-52-21-42(22-52)23-53(13-15-61-42)39(59)28(43)16-24(2)3)33(30)54(41)11-7-8-12-55-37-31(50-40(55)46-5)18-27(20-47-37)36(45)57/h7-8,17-20,24,28H,6,9-16,21-23,43H2,1-5H3,(H2,44,56)(H2,45,57)(H,46,50)(H,49,51,58)/b8-7+. The first-order chi connectivity index (χ1) is 29.7. The highest BCUT2D eigenvalue weighted by atomic mass is 16.5. The molecule has 62 heavy (non-hydrogen) atoms. The smallest absolute Gasteiger partial charge is 0.295 e. The number of nitrogens with zero attached hydrogens (tertiary/aromatic N) is 8. The molecule has 2 fully saturated rings. The van der Waals surface area contributed by atoms with Gasteiger partial charge in [0.2, 0.25) is 35.4 Å². The van der Waals surface area contributed by atoms with E-state index in [1.807, 2.05) is 28.5 Å². The number of carbonyl (C=O) groups is 4. The third-order valence-corrected chi connectivity index (χ3v) is 11.0. The highest BCUT2D eigenvalue weighted by Crippen LogP contribution is 2.33. The van der Waals surface area contributed by atoms with E-state index in [1.54, 1.807) is 36.7 Å². The third-order valence-electron chi connectivity index (χ3n) is 11.0. The normalized spacial score (nSPS) is 15.8. The number of benzene rings is 1. The van der Waals surface area contributed by atoms with Gasteiger partial charge in [0.05, 0.1) is 42.6 Å². The van der Waals surface area contributed by atoms with Gasteiger partial charge in [0.25, 0.3) is 5.91 Å². The monoisotopic (exact) mass is 853 g/mol. The number of fused-ring (bicyclic) bond motifs is 2. The molecule has 20 nitrogen and oxygen atoms in total. The molecule has 2 aliphatic rings. The van der Waals surface area contributed by atoms with Crippen LogP contribution in [0.2, 0.25) is 0 Å². The lowest BCUT2D eigenvalue weighted by molar-refractivity contribution is -0.189. The Morgan fingerprint density at radius 1 is 0.968 bits per heavy atom. The number of nitrogens with two attached hydrogens (primary N) is 3. The molecule has 5 aromatic rings. The van der Waals surface area contributed by atoms with Crippen LogP contribution in [0.5, 0.6) is 5.75 Å². The Kier molecular flexibility index (Phi) is 12.9. The zero-order chi connectivity index (χ0) is 44.3. The molecule has 0 aliphatic carbocycles. The van der Waals surface area contributed by atoms with Gasteiger partial charge in [-0.25, -0.2) is 19.9 Å². The maximum atomic E-state index is 13.7. The Bertz CT molecular complexity index is 2520. The van der Waals surface area contributed by atoms with Crippen molar-refractivity contribution in [3.8, 4) is 5.75 Å². The van der Waals surface area contributed by atoms with Crippen molar-refractivity contribution in [2.45, 2.75) is 71.7 Å². The second-order valence-corrected chi connectivity index (χ2v) is 16.2. The van der Waals surface area contributed by atoms with Gasteiger partial charge in [-0.15, -0.1) is 0 Å². The number of pyridine rings is 1. The van der Waals surface area contributed by atoms with E-state index in [0.717, 1.165) is 0 Å². The van der Waals surface area contributed by atoms with Crippen LogP contribution < -0.4 is 32.6 Å². The van der Waals surface area contributed by atoms with E-state index in [9.17, 15) is 19.2 Å². The van der Waals surface area contributed by atoms with Gasteiger partial charge in [0, 0.05) is 65.0 Å². The van der Waals surface area contributed by atoms with Crippen LogP contribution in [0.25, 0.3) is 22.2 Å². The number of primary amides is 2. The number of nitrogens with one attached hydrogen (secondary N) is 2. The van der Waals surface area contributed by atoms with E-state index in [0.29, 0.717) is 123 Å². The minimum atomic E-state index is -0.665. The fourth-order valence-corrected chi connectivity index (χ4v) is 8.14. The van der Waals surface area contributed by atoms with Crippen LogP contribution in [-0.4, -0.2) is 127 Å². The third kappa shape index (κ3) is 9.26. The van der Waals surface area contributed by atoms with Crippen LogP contribution in [0.1, 0.15) is 76.5 Å². The lowest BCUT2D eigenvalue weighted by atomic mass is 9.91. The largest absolute Gasteiger partial charge is 0.491 e. The van der Waals surface area contributed by atoms with Crippen LogP contribution in [0.15, 0.2) is 41.0 Å². The predicted molar refractivity (Wildman–Crippen MR) is 231 cm³/mol. The summed E-state index contributed by atoms with van der Waals surface area (Å²) in [4.78, 5) is 73.2. The van der Waals surface area contributed by atoms with Crippen molar-refractivity contribution in [3.05, 3.63) is 65.0 Å². The Morgan fingerprint density at radius 3 is 2.37 bits per heavy atom. The molecular weight excluding hydrogens is 799 g/mol. The SMILES string of the molecule is CCc1nc(C)oc1C(=O)Nc1nc2cc(C(N)=O)cc(OCCCN3CC4(C3)CN(C(=O)C(N)CC(C)C)CCO4)c2n1C/C=C/Cn1c(NC)nc2cc(C(N)=O)cnc21. The molecule has 0 saturated carbocycles. The van der Waals surface area contributed by atoms with Gasteiger partial charge < -0.3 is 45.9 Å². The van der Waals surface area contributed by atoms with Crippen molar-refractivity contribution in [2.24, 2.45) is 23.1 Å². The van der Waals surface area contributed by atoms with Gasteiger partial charge in [-0.05, 0) is 43.4 Å². The number of rotatable bonds is 18. The number of hydrogen-bond donors (Lipinski definition) is 5. The van der Waals surface area contributed by atoms with E-state index >= 15 is 0 Å². The molecule has 0 radical (unpaired) electrons. The summed E-state index contributed by atoms with van der Waals surface area (Å²) in [6.45, 7) is 12.1. The molecule has 1 atom stereocenters. The molecule has 7 rings (SSSR count). The lowest BCUT2D eigenvalue weighted by Crippen LogP contribution is -2.71. The molecular formula is C42H55N13O7. The number of aromatic nitrogens is 6. The van der Waals surface area contributed by atoms with E-state index in [4.69, 9.17) is 36.1 Å². The summed E-state index contributed by atoms with van der Waals surface area (Å²) in [5.74, 6) is 0.00317. The van der Waals surface area contributed by atoms with Gasteiger partial charge in [0.15, 0.2) is 11.5 Å². The van der Waals surface area contributed by atoms with Gasteiger partial charge in [0.1, 0.15) is 22.4 Å². The number of anilines is 2. The first kappa shape index (κ1) is 43.7. The molecule has 8 N–H and O–H groups in total. The first-order valence-corrected chi connectivity index (χ1v) is 20.8. The summed E-state index contributed by atoms with van der Waals surface area (Å²) in [6.07, 6.45) is 6.97. The van der Waals surface area contributed by atoms with Gasteiger partial charge in [-0.3, -0.25) is 34.0 Å². The van der Waals surface area contributed by atoms with Gasteiger partial charge >= 0.3 is 0 Å².